The Morgan fingerprint density at radius 1 is 1.83 bits per heavy atom. The van der Waals surface area contributed by atoms with Gasteiger partial charge in [-0.25, -0.2) is 0 Å². The van der Waals surface area contributed by atoms with Crippen LogP contribution in [0.15, 0.2) is 0 Å². The third-order valence-electron chi connectivity index (χ3n) is 1.10. The predicted molar refractivity (Wildman–Crippen MR) is 22.7 cm³/mol. The van der Waals surface area contributed by atoms with Gasteiger partial charge in [-0.3, -0.25) is 4.90 Å². The van der Waals surface area contributed by atoms with Crippen molar-refractivity contribution in [1.29, 1.82) is 0 Å². The lowest BCUT2D eigenvalue weighted by Crippen LogP contribution is -2.42. The van der Waals surface area contributed by atoms with E-state index in [9.17, 15) is 0 Å². The highest BCUT2D eigenvalue weighted by Gasteiger charge is 2.19. The summed E-state index contributed by atoms with van der Waals surface area (Å²) in [6, 6.07) is 0. The smallest absolute Gasteiger partial charge is 0.108 e. The van der Waals surface area contributed by atoms with Gasteiger partial charge in [-0.15, -0.1) is 0 Å². The summed E-state index contributed by atoms with van der Waals surface area (Å²) >= 11 is 0. The molecule has 0 bridgehead atoms. The third-order valence-corrected chi connectivity index (χ3v) is 1.10. The first kappa shape index (κ1) is 4.09. The van der Waals surface area contributed by atoms with Crippen LogP contribution in [0.3, 0.4) is 0 Å². The van der Waals surface area contributed by atoms with Crippen molar-refractivity contribution in [2.24, 2.45) is 0 Å². The van der Waals surface area contributed by atoms with E-state index in [1.165, 1.54) is 0 Å². The van der Waals surface area contributed by atoms with Crippen molar-refractivity contribution < 1.29 is 5.11 Å². The van der Waals surface area contributed by atoms with Gasteiger partial charge in [0.2, 0.25) is 0 Å². The van der Waals surface area contributed by atoms with Gasteiger partial charge in [-0.05, 0) is 6.42 Å². The van der Waals surface area contributed by atoms with Crippen LogP contribution in [-0.2, 0) is 0 Å². The Kier molecular flexibility index (Phi) is 0.821. The Morgan fingerprint density at radius 2 is 2.33 bits per heavy atom. The summed E-state index contributed by atoms with van der Waals surface area (Å²) in [6.07, 6.45) is 0.647. The lowest BCUT2D eigenvalue weighted by atomic mass is 10.2. The second-order valence-corrected chi connectivity index (χ2v) is 1.58. The van der Waals surface area contributed by atoms with E-state index < -0.39 is 0 Å². The first-order chi connectivity index (χ1) is 2.80. The zero-order valence-electron chi connectivity index (χ0n) is 3.59. The van der Waals surface area contributed by atoms with E-state index in [-0.39, 0.29) is 6.23 Å². The molecule has 2 heteroatoms. The summed E-state index contributed by atoms with van der Waals surface area (Å²) in [5, 5.41) is 8.58. The Hall–Kier alpha value is -0.0800. The number of rotatable bonds is 0. The monoisotopic (exact) mass is 86.1 g/mol. The maximum atomic E-state index is 8.58. The fourth-order valence-electron chi connectivity index (χ4n) is 0.427. The molecule has 1 rings (SSSR count). The van der Waals surface area contributed by atoms with Gasteiger partial charge in [-0.2, -0.15) is 0 Å². The number of nitrogens with zero attached hydrogens (tertiary/aromatic N) is 1. The molecule has 2 nitrogen and oxygen atoms in total. The van der Waals surface area contributed by atoms with Crippen molar-refractivity contribution in [2.45, 2.75) is 12.6 Å². The van der Waals surface area contributed by atoms with Gasteiger partial charge in [0.1, 0.15) is 6.23 Å². The van der Waals surface area contributed by atoms with Gasteiger partial charge >= 0.3 is 0 Å². The minimum Gasteiger partial charge on any atom is -0.378 e. The highest BCUT2D eigenvalue weighted by atomic mass is 16.3. The average Bonchev–Trinajstić information content (AvgIpc) is 1.61. The molecule has 0 spiro atoms. The van der Waals surface area contributed by atoms with Crippen LogP contribution >= 0.6 is 0 Å². The molecular weight excluding hydrogens is 78.0 g/mol. The van der Waals surface area contributed by atoms with Crippen LogP contribution < -0.4 is 0 Å². The summed E-state index contributed by atoms with van der Waals surface area (Å²) in [6.45, 7) is 0.946. The van der Waals surface area contributed by atoms with E-state index in [1.54, 1.807) is 4.90 Å². The maximum Gasteiger partial charge on any atom is 0.108 e. The van der Waals surface area contributed by atoms with Crippen LogP contribution in [0.5, 0.6) is 0 Å². The van der Waals surface area contributed by atoms with Crippen molar-refractivity contribution in [1.82, 2.24) is 4.90 Å². The standard InChI is InChI=1S/C4H8NO/c1-5-3-2-4(5)6/h4,6H,1-3H2. The first-order valence-electron chi connectivity index (χ1n) is 2.06. The minimum absolute atomic E-state index is 0.245. The summed E-state index contributed by atoms with van der Waals surface area (Å²) < 4.78 is 0. The van der Waals surface area contributed by atoms with Crippen LogP contribution in [0.2, 0.25) is 0 Å². The van der Waals surface area contributed by atoms with Crippen LogP contribution in [0.1, 0.15) is 6.42 Å². The minimum atomic E-state index is -0.245. The van der Waals surface area contributed by atoms with Gasteiger partial charge in [0.25, 0.3) is 0 Å². The van der Waals surface area contributed by atoms with Gasteiger partial charge in [-0.1, -0.05) is 0 Å². The highest BCUT2D eigenvalue weighted by Crippen LogP contribution is 2.10. The van der Waals surface area contributed by atoms with Crippen molar-refractivity contribution in [3.63, 3.8) is 0 Å². The lowest BCUT2D eigenvalue weighted by Gasteiger charge is -2.32. The fraction of sp³-hybridized carbons (Fsp3) is 0.750. The van der Waals surface area contributed by atoms with Gasteiger partial charge < -0.3 is 5.11 Å². The third kappa shape index (κ3) is 0.420. The molecule has 1 fully saturated rings. The number of hydrogen-bond donors (Lipinski definition) is 1. The van der Waals surface area contributed by atoms with Crippen molar-refractivity contribution in [3.8, 4) is 0 Å². The Morgan fingerprint density at radius 3 is 2.33 bits per heavy atom. The first-order valence-corrected chi connectivity index (χ1v) is 2.06. The van der Waals surface area contributed by atoms with Gasteiger partial charge in [0.15, 0.2) is 0 Å². The van der Waals surface area contributed by atoms with Gasteiger partial charge in [0.05, 0.1) is 0 Å². The molecule has 0 aromatic carbocycles. The number of aliphatic hydroxyl groups is 1. The topological polar surface area (TPSA) is 23.5 Å². The Labute approximate surface area is 37.4 Å². The molecule has 1 heterocycles. The molecule has 0 saturated carbocycles. The summed E-state index contributed by atoms with van der Waals surface area (Å²) in [7, 11) is 3.51. The van der Waals surface area contributed by atoms with E-state index >= 15 is 0 Å². The number of aliphatic hydroxyl groups excluding tert-OH is 1. The number of hydrogen-bond acceptors (Lipinski definition) is 2. The second kappa shape index (κ2) is 1.21. The quantitative estimate of drug-likeness (QED) is 0.441. The predicted octanol–water partition coefficient (Wildman–Crippen LogP) is -0.198. The molecule has 1 atom stereocenters. The summed E-state index contributed by atoms with van der Waals surface area (Å²) in [5.41, 5.74) is 0. The van der Waals surface area contributed by atoms with Crippen LogP contribution in [0.4, 0.5) is 0 Å². The zero-order valence-corrected chi connectivity index (χ0v) is 3.59. The van der Waals surface area contributed by atoms with E-state index in [4.69, 9.17) is 5.11 Å². The maximum absolute atomic E-state index is 8.58. The molecule has 35 valence electrons. The SMILES string of the molecule is [CH2]N1CCC1O. The van der Waals surface area contributed by atoms with E-state index in [0.29, 0.717) is 0 Å². The summed E-state index contributed by atoms with van der Waals surface area (Å²) in [4.78, 5) is 1.65. The molecule has 1 saturated heterocycles. The van der Waals surface area contributed by atoms with E-state index in [0.717, 1.165) is 13.0 Å². The lowest BCUT2D eigenvalue weighted by molar-refractivity contribution is -0.0423. The molecule has 1 radical (unpaired) electrons. The largest absolute Gasteiger partial charge is 0.378 e. The molecule has 0 aliphatic carbocycles. The normalized spacial score (nSPS) is 36.0. The molecule has 0 amide bonds. The van der Waals surface area contributed by atoms with E-state index in [1.807, 2.05) is 0 Å². The Balaban J connectivity index is 2.20. The van der Waals surface area contributed by atoms with Crippen LogP contribution in [0, 0.1) is 7.05 Å². The Bertz CT molecular complexity index is 47.5. The molecule has 1 N–H and O–H groups in total. The van der Waals surface area contributed by atoms with Crippen molar-refractivity contribution in [3.05, 3.63) is 7.05 Å². The molecule has 0 aromatic heterocycles. The fourth-order valence-corrected chi connectivity index (χ4v) is 0.427. The van der Waals surface area contributed by atoms with Crippen LogP contribution in [0.25, 0.3) is 0 Å². The van der Waals surface area contributed by atoms with Crippen LogP contribution in [-0.4, -0.2) is 22.8 Å². The van der Waals surface area contributed by atoms with E-state index in [2.05, 4.69) is 7.05 Å². The van der Waals surface area contributed by atoms with Gasteiger partial charge in [0, 0.05) is 13.6 Å². The van der Waals surface area contributed by atoms with Crippen molar-refractivity contribution >= 4 is 0 Å². The highest BCUT2D eigenvalue weighted by molar-refractivity contribution is 4.71. The molecule has 6 heavy (non-hydrogen) atoms. The number of likely N-dealkylation sites (tertiary alicyclic amines) is 1. The van der Waals surface area contributed by atoms with Crippen molar-refractivity contribution in [2.75, 3.05) is 6.54 Å². The summed E-state index contributed by atoms with van der Waals surface area (Å²) in [5.74, 6) is 0. The molecular formula is C4H8NO. The molecule has 1 aliphatic heterocycles. The molecule has 0 aromatic rings. The zero-order chi connectivity index (χ0) is 4.57. The average molecular weight is 86.1 g/mol. The molecule has 1 aliphatic rings. The molecule has 1 unspecified atom stereocenters. The second-order valence-electron chi connectivity index (χ2n) is 1.58.